The summed E-state index contributed by atoms with van der Waals surface area (Å²) < 4.78 is 4.85. The fourth-order valence-electron chi connectivity index (χ4n) is 1.31. The van der Waals surface area contributed by atoms with Gasteiger partial charge in [-0.15, -0.1) is 0 Å². The summed E-state index contributed by atoms with van der Waals surface area (Å²) in [5, 5.41) is 9.72. The number of hydrogen-bond donors (Lipinski definition) is 1. The fraction of sp³-hybridized carbons (Fsp3) is 0.769. The highest BCUT2D eigenvalue weighted by Gasteiger charge is 2.21. The molecule has 0 amide bonds. The number of ether oxygens (including phenoxy) is 1. The first-order chi connectivity index (χ1) is 7.63. The minimum Gasteiger partial charge on any atom is -0.466 e. The van der Waals surface area contributed by atoms with Crippen LogP contribution in [0.3, 0.4) is 0 Å². The molecule has 0 bridgehead atoms. The Morgan fingerprint density at radius 1 is 1.38 bits per heavy atom. The average molecular weight is 228 g/mol. The highest BCUT2D eigenvalue weighted by atomic mass is 16.5. The van der Waals surface area contributed by atoms with Crippen LogP contribution in [0.4, 0.5) is 0 Å². The van der Waals surface area contributed by atoms with Gasteiger partial charge in [-0.2, -0.15) is 0 Å². The molecule has 0 aliphatic heterocycles. The minimum atomic E-state index is -0.642. The Morgan fingerprint density at radius 2 is 2.06 bits per heavy atom. The summed E-state index contributed by atoms with van der Waals surface area (Å²) in [4.78, 5) is 11.3. The van der Waals surface area contributed by atoms with E-state index in [4.69, 9.17) is 4.74 Å². The second-order valence-electron chi connectivity index (χ2n) is 3.96. The van der Waals surface area contributed by atoms with Crippen molar-refractivity contribution in [3.05, 3.63) is 12.2 Å². The predicted octanol–water partition coefficient (Wildman–Crippen LogP) is 2.68. The Balaban J connectivity index is 3.82. The van der Waals surface area contributed by atoms with Gasteiger partial charge in [0.2, 0.25) is 0 Å². The summed E-state index contributed by atoms with van der Waals surface area (Å²) in [5.41, 5.74) is 0. The van der Waals surface area contributed by atoms with Crippen molar-refractivity contribution in [2.75, 3.05) is 6.61 Å². The van der Waals surface area contributed by atoms with Crippen LogP contribution >= 0.6 is 0 Å². The molecule has 0 aliphatic carbocycles. The van der Waals surface area contributed by atoms with Gasteiger partial charge in [0, 0.05) is 0 Å². The zero-order chi connectivity index (χ0) is 12.4. The molecule has 16 heavy (non-hydrogen) atoms. The first-order valence-electron chi connectivity index (χ1n) is 6.13. The van der Waals surface area contributed by atoms with Crippen molar-refractivity contribution in [3.8, 4) is 0 Å². The number of aliphatic hydroxyl groups is 1. The van der Waals surface area contributed by atoms with E-state index >= 15 is 0 Å². The summed E-state index contributed by atoms with van der Waals surface area (Å²) >= 11 is 0. The molecule has 0 saturated carbocycles. The van der Waals surface area contributed by atoms with Crippen LogP contribution in [-0.2, 0) is 9.53 Å². The highest BCUT2D eigenvalue weighted by molar-refractivity contribution is 5.72. The summed E-state index contributed by atoms with van der Waals surface area (Å²) in [6.07, 6.45) is 7.25. The molecule has 0 spiro atoms. The topological polar surface area (TPSA) is 46.5 Å². The van der Waals surface area contributed by atoms with Crippen molar-refractivity contribution in [1.29, 1.82) is 0 Å². The highest BCUT2D eigenvalue weighted by Crippen LogP contribution is 2.10. The number of carbonyl (C=O) groups is 1. The van der Waals surface area contributed by atoms with Gasteiger partial charge in [-0.05, 0) is 26.7 Å². The summed E-state index contributed by atoms with van der Waals surface area (Å²) in [6.45, 7) is 5.97. The first kappa shape index (κ1) is 15.2. The van der Waals surface area contributed by atoms with E-state index in [-0.39, 0.29) is 5.97 Å². The molecule has 94 valence electrons. The number of aliphatic hydroxyl groups excluding tert-OH is 1. The predicted molar refractivity (Wildman–Crippen MR) is 65.1 cm³/mol. The second-order valence-corrected chi connectivity index (χ2v) is 3.96. The number of allylic oxidation sites excluding steroid dienone is 1. The van der Waals surface area contributed by atoms with Crippen LogP contribution in [-0.4, -0.2) is 23.8 Å². The Morgan fingerprint density at radius 3 is 2.62 bits per heavy atom. The van der Waals surface area contributed by atoms with Crippen LogP contribution in [0, 0.1) is 5.92 Å². The van der Waals surface area contributed by atoms with Gasteiger partial charge in [0.05, 0.1) is 18.6 Å². The molecule has 0 heterocycles. The third kappa shape index (κ3) is 6.62. The van der Waals surface area contributed by atoms with Gasteiger partial charge < -0.3 is 9.84 Å². The second kappa shape index (κ2) is 9.40. The Kier molecular flexibility index (Phi) is 8.91. The number of carbonyl (C=O) groups excluding carboxylic acids is 1. The summed E-state index contributed by atoms with van der Waals surface area (Å²) in [7, 11) is 0. The number of unbranched alkanes of at least 4 members (excludes halogenated alkanes) is 2. The molecule has 1 N–H and O–H groups in total. The maximum absolute atomic E-state index is 11.3. The molecule has 3 heteroatoms. The Bertz CT molecular complexity index is 211. The van der Waals surface area contributed by atoms with Crippen LogP contribution in [0.15, 0.2) is 12.2 Å². The van der Waals surface area contributed by atoms with Gasteiger partial charge in [-0.3, -0.25) is 4.79 Å². The Hall–Kier alpha value is -0.830. The van der Waals surface area contributed by atoms with Crippen LogP contribution < -0.4 is 0 Å². The van der Waals surface area contributed by atoms with Gasteiger partial charge in [0.15, 0.2) is 0 Å². The van der Waals surface area contributed by atoms with Crippen LogP contribution in [0.5, 0.6) is 0 Å². The molecule has 3 nitrogen and oxygen atoms in total. The van der Waals surface area contributed by atoms with Crippen LogP contribution in [0.2, 0.25) is 0 Å². The summed E-state index contributed by atoms with van der Waals surface area (Å²) in [5.74, 6) is -0.771. The molecule has 0 aromatic rings. The molecule has 0 rings (SSSR count). The molecule has 0 aliphatic rings. The molecule has 0 aromatic carbocycles. The molecule has 0 radical (unpaired) electrons. The van der Waals surface area contributed by atoms with Crippen molar-refractivity contribution >= 4 is 5.97 Å². The third-order valence-corrected chi connectivity index (χ3v) is 2.50. The lowest BCUT2D eigenvalue weighted by Crippen LogP contribution is -2.26. The lowest BCUT2D eigenvalue weighted by molar-refractivity contribution is -0.151. The quantitative estimate of drug-likeness (QED) is 0.395. The lowest BCUT2D eigenvalue weighted by Gasteiger charge is -2.15. The maximum atomic E-state index is 11.3. The number of hydrogen-bond acceptors (Lipinski definition) is 3. The molecule has 2 atom stereocenters. The zero-order valence-electron chi connectivity index (χ0n) is 10.6. The van der Waals surface area contributed by atoms with E-state index < -0.39 is 12.0 Å². The van der Waals surface area contributed by atoms with Crippen LogP contribution in [0.25, 0.3) is 0 Å². The lowest BCUT2D eigenvalue weighted by atomic mass is 10.0. The van der Waals surface area contributed by atoms with E-state index in [2.05, 4.69) is 13.0 Å². The average Bonchev–Trinajstić information content (AvgIpc) is 2.27. The van der Waals surface area contributed by atoms with E-state index in [1.807, 2.05) is 6.08 Å². The molecule has 0 unspecified atom stereocenters. The third-order valence-electron chi connectivity index (χ3n) is 2.50. The minimum absolute atomic E-state index is 0.322. The molecular weight excluding hydrogens is 204 g/mol. The van der Waals surface area contributed by atoms with E-state index in [9.17, 15) is 9.90 Å². The van der Waals surface area contributed by atoms with Crippen molar-refractivity contribution in [2.45, 2.75) is 52.6 Å². The normalized spacial score (nSPS) is 15.0. The standard InChI is InChI=1S/C13H24O3/c1-4-6-7-8-9-10-12(14)11(3)13(15)16-5-2/h8-9,11-12,14H,4-7,10H2,1-3H3/b9-8-/t11-,12+/m1/s1. The first-order valence-corrected chi connectivity index (χ1v) is 6.13. The fourth-order valence-corrected chi connectivity index (χ4v) is 1.31. The van der Waals surface area contributed by atoms with Crippen molar-refractivity contribution in [2.24, 2.45) is 5.92 Å². The van der Waals surface area contributed by atoms with E-state index in [0.717, 1.165) is 6.42 Å². The van der Waals surface area contributed by atoms with E-state index in [1.54, 1.807) is 13.8 Å². The monoisotopic (exact) mass is 228 g/mol. The SMILES string of the molecule is CCCC/C=C\C[C@H](O)[C@@H](C)C(=O)OCC. The van der Waals surface area contributed by atoms with E-state index in [0.29, 0.717) is 13.0 Å². The van der Waals surface area contributed by atoms with Gasteiger partial charge in [-0.1, -0.05) is 31.9 Å². The zero-order valence-corrected chi connectivity index (χ0v) is 10.6. The molecular formula is C13H24O3. The number of rotatable bonds is 8. The Labute approximate surface area is 98.5 Å². The van der Waals surface area contributed by atoms with Gasteiger partial charge in [0.25, 0.3) is 0 Å². The maximum Gasteiger partial charge on any atom is 0.311 e. The van der Waals surface area contributed by atoms with E-state index in [1.165, 1.54) is 12.8 Å². The van der Waals surface area contributed by atoms with Gasteiger partial charge in [0.1, 0.15) is 0 Å². The largest absolute Gasteiger partial charge is 0.466 e. The van der Waals surface area contributed by atoms with Crippen molar-refractivity contribution < 1.29 is 14.6 Å². The molecule has 0 saturated heterocycles. The molecule has 0 aromatic heterocycles. The van der Waals surface area contributed by atoms with Crippen molar-refractivity contribution in [1.82, 2.24) is 0 Å². The van der Waals surface area contributed by atoms with Gasteiger partial charge in [-0.25, -0.2) is 0 Å². The van der Waals surface area contributed by atoms with Crippen LogP contribution in [0.1, 0.15) is 46.5 Å². The number of esters is 1. The van der Waals surface area contributed by atoms with Gasteiger partial charge >= 0.3 is 5.97 Å². The summed E-state index contributed by atoms with van der Waals surface area (Å²) in [6, 6.07) is 0. The molecule has 0 fully saturated rings. The smallest absolute Gasteiger partial charge is 0.311 e. The van der Waals surface area contributed by atoms with Crippen molar-refractivity contribution in [3.63, 3.8) is 0 Å².